The van der Waals surface area contributed by atoms with Gasteiger partial charge in [0.1, 0.15) is 0 Å². The second-order valence-electron chi connectivity index (χ2n) is 8.61. The molecule has 2 aromatic heterocycles. The van der Waals surface area contributed by atoms with Crippen molar-refractivity contribution < 1.29 is 9.59 Å². The van der Waals surface area contributed by atoms with Crippen LogP contribution in [0.25, 0.3) is 10.9 Å². The van der Waals surface area contributed by atoms with Crippen LogP contribution in [-0.4, -0.2) is 50.2 Å². The Labute approximate surface area is 175 Å². The highest BCUT2D eigenvalue weighted by Crippen LogP contribution is 2.31. The summed E-state index contributed by atoms with van der Waals surface area (Å²) in [6, 6.07) is 5.89. The highest BCUT2D eigenvalue weighted by Gasteiger charge is 2.40. The van der Waals surface area contributed by atoms with Crippen LogP contribution < -0.4 is 5.32 Å². The second-order valence-corrected chi connectivity index (χ2v) is 8.61. The first-order valence-corrected chi connectivity index (χ1v) is 10.3. The van der Waals surface area contributed by atoms with Crippen molar-refractivity contribution in [3.8, 4) is 0 Å². The van der Waals surface area contributed by atoms with Gasteiger partial charge in [-0.1, -0.05) is 11.6 Å². The van der Waals surface area contributed by atoms with Crippen molar-refractivity contribution in [1.82, 2.24) is 30.6 Å². The van der Waals surface area contributed by atoms with Gasteiger partial charge in [0.25, 0.3) is 5.91 Å². The third-order valence-electron chi connectivity index (χ3n) is 6.16. The van der Waals surface area contributed by atoms with Gasteiger partial charge in [-0.05, 0) is 52.7 Å². The van der Waals surface area contributed by atoms with Gasteiger partial charge in [0.2, 0.25) is 5.91 Å². The van der Waals surface area contributed by atoms with Crippen LogP contribution in [-0.2, 0) is 11.3 Å². The van der Waals surface area contributed by atoms with Crippen LogP contribution in [0.2, 0.25) is 0 Å². The Morgan fingerprint density at radius 2 is 2.00 bits per heavy atom. The van der Waals surface area contributed by atoms with E-state index in [9.17, 15) is 9.59 Å². The summed E-state index contributed by atoms with van der Waals surface area (Å²) in [7, 11) is 0. The van der Waals surface area contributed by atoms with Crippen LogP contribution in [0.3, 0.4) is 0 Å². The molecule has 0 aliphatic carbocycles. The standard InChI is InChI=1S/C22H28N6O2/c1-13-6-7-18-16(10-13)19(27-26-18)20(29)28-9-5-8-22(4,12-28)21(30)23-11-17-14(2)24-25-15(17)3/h6-7,10H,5,8-9,11-12H2,1-4H3,(H,23,30)(H,24,25)(H,26,27). The SMILES string of the molecule is Cc1ccc2[nH]nc(C(=O)N3CCCC(C)(C(=O)NCc4c(C)n[nH]c4C)C3)c2c1. The number of likely N-dealkylation sites (tertiary alicyclic amines) is 1. The number of hydrogen-bond donors (Lipinski definition) is 3. The molecule has 1 aromatic carbocycles. The zero-order valence-electron chi connectivity index (χ0n) is 17.9. The minimum absolute atomic E-state index is 0.0391. The number of aromatic amines is 2. The molecule has 3 N–H and O–H groups in total. The average Bonchev–Trinajstić information content (AvgIpc) is 3.28. The maximum absolute atomic E-state index is 13.2. The van der Waals surface area contributed by atoms with Gasteiger partial charge in [-0.3, -0.25) is 19.8 Å². The molecule has 1 fully saturated rings. The van der Waals surface area contributed by atoms with E-state index in [-0.39, 0.29) is 11.8 Å². The van der Waals surface area contributed by atoms with Crippen LogP contribution in [0.15, 0.2) is 18.2 Å². The van der Waals surface area contributed by atoms with E-state index in [4.69, 9.17) is 0 Å². The van der Waals surface area contributed by atoms with E-state index < -0.39 is 5.41 Å². The van der Waals surface area contributed by atoms with E-state index in [0.29, 0.717) is 25.3 Å². The van der Waals surface area contributed by atoms with Crippen LogP contribution in [0.5, 0.6) is 0 Å². The Morgan fingerprint density at radius 1 is 1.20 bits per heavy atom. The number of nitrogens with one attached hydrogen (secondary N) is 3. The van der Waals surface area contributed by atoms with Crippen molar-refractivity contribution >= 4 is 22.7 Å². The largest absolute Gasteiger partial charge is 0.351 e. The molecule has 4 rings (SSSR count). The molecule has 1 atom stereocenters. The number of hydrogen-bond acceptors (Lipinski definition) is 4. The summed E-state index contributed by atoms with van der Waals surface area (Å²) in [5, 5.41) is 18.2. The van der Waals surface area contributed by atoms with E-state index in [1.165, 1.54) is 0 Å². The predicted molar refractivity (Wildman–Crippen MR) is 114 cm³/mol. The third kappa shape index (κ3) is 3.58. The molecule has 0 saturated carbocycles. The quantitative estimate of drug-likeness (QED) is 0.617. The van der Waals surface area contributed by atoms with Gasteiger partial charge in [-0.25, -0.2) is 0 Å². The van der Waals surface area contributed by atoms with Gasteiger partial charge in [0, 0.05) is 36.3 Å². The fraction of sp³-hybridized carbons (Fsp3) is 0.455. The molecule has 1 saturated heterocycles. The Morgan fingerprint density at radius 3 is 2.73 bits per heavy atom. The molecule has 8 heteroatoms. The number of fused-ring (bicyclic) bond motifs is 1. The van der Waals surface area contributed by atoms with Gasteiger partial charge in [-0.15, -0.1) is 0 Å². The molecule has 8 nitrogen and oxygen atoms in total. The summed E-state index contributed by atoms with van der Waals surface area (Å²) in [6.45, 7) is 9.22. The number of carbonyl (C=O) groups is 2. The predicted octanol–water partition coefficient (Wildman–Crippen LogP) is 2.77. The van der Waals surface area contributed by atoms with Crippen LogP contribution >= 0.6 is 0 Å². The van der Waals surface area contributed by atoms with E-state index in [1.807, 2.05) is 45.9 Å². The van der Waals surface area contributed by atoms with Crippen LogP contribution in [0, 0.1) is 26.2 Å². The summed E-state index contributed by atoms with van der Waals surface area (Å²) in [5.41, 5.74) is 4.55. The third-order valence-corrected chi connectivity index (χ3v) is 6.16. The molecule has 3 aromatic rings. The number of piperidine rings is 1. The number of rotatable bonds is 4. The van der Waals surface area contributed by atoms with E-state index in [0.717, 1.165) is 46.3 Å². The first kappa shape index (κ1) is 20.1. The summed E-state index contributed by atoms with van der Waals surface area (Å²) in [6.07, 6.45) is 1.52. The lowest BCUT2D eigenvalue weighted by molar-refractivity contribution is -0.132. The molecule has 2 amide bonds. The van der Waals surface area contributed by atoms with Gasteiger partial charge in [-0.2, -0.15) is 10.2 Å². The second kappa shape index (κ2) is 7.59. The average molecular weight is 409 g/mol. The Bertz CT molecular complexity index is 1090. The Hall–Kier alpha value is -3.16. The number of aromatic nitrogens is 4. The van der Waals surface area contributed by atoms with Crippen molar-refractivity contribution in [3.05, 3.63) is 46.4 Å². The Balaban J connectivity index is 1.49. The molecule has 0 radical (unpaired) electrons. The van der Waals surface area contributed by atoms with E-state index >= 15 is 0 Å². The maximum Gasteiger partial charge on any atom is 0.275 e. The smallest absolute Gasteiger partial charge is 0.275 e. The molecule has 1 unspecified atom stereocenters. The molecule has 0 bridgehead atoms. The zero-order valence-corrected chi connectivity index (χ0v) is 17.9. The molecular weight excluding hydrogens is 380 g/mol. The normalized spacial score (nSPS) is 19.3. The number of benzene rings is 1. The summed E-state index contributed by atoms with van der Waals surface area (Å²) in [4.78, 5) is 28.0. The Kier molecular flexibility index (Phi) is 5.09. The van der Waals surface area contributed by atoms with Gasteiger partial charge >= 0.3 is 0 Å². The number of carbonyl (C=O) groups excluding carboxylic acids is 2. The van der Waals surface area contributed by atoms with Crippen molar-refractivity contribution in [2.45, 2.75) is 47.1 Å². The summed E-state index contributed by atoms with van der Waals surface area (Å²) in [5.74, 6) is -0.171. The maximum atomic E-state index is 13.2. The minimum atomic E-state index is -0.637. The summed E-state index contributed by atoms with van der Waals surface area (Å²) >= 11 is 0. The number of H-pyrrole nitrogens is 2. The van der Waals surface area contributed by atoms with Crippen molar-refractivity contribution in [1.29, 1.82) is 0 Å². The molecule has 30 heavy (non-hydrogen) atoms. The first-order chi connectivity index (χ1) is 14.3. The molecular formula is C22H28N6O2. The molecule has 1 aliphatic rings. The van der Waals surface area contributed by atoms with E-state index in [1.54, 1.807) is 4.90 Å². The highest BCUT2D eigenvalue weighted by atomic mass is 16.2. The van der Waals surface area contributed by atoms with Crippen LogP contribution in [0.4, 0.5) is 0 Å². The molecule has 0 spiro atoms. The molecule has 158 valence electrons. The van der Waals surface area contributed by atoms with Gasteiger partial charge in [0.05, 0.1) is 16.6 Å². The molecule has 3 heterocycles. The van der Waals surface area contributed by atoms with Gasteiger partial charge < -0.3 is 10.2 Å². The van der Waals surface area contributed by atoms with Gasteiger partial charge in [0.15, 0.2) is 5.69 Å². The van der Waals surface area contributed by atoms with Crippen molar-refractivity contribution in [2.75, 3.05) is 13.1 Å². The highest BCUT2D eigenvalue weighted by molar-refractivity contribution is 6.05. The monoisotopic (exact) mass is 408 g/mol. The number of nitrogens with zero attached hydrogens (tertiary/aromatic N) is 3. The summed E-state index contributed by atoms with van der Waals surface area (Å²) < 4.78 is 0. The van der Waals surface area contributed by atoms with Crippen LogP contribution in [0.1, 0.15) is 52.8 Å². The lowest BCUT2D eigenvalue weighted by Gasteiger charge is -2.39. The number of aryl methyl sites for hydroxylation is 3. The van der Waals surface area contributed by atoms with E-state index in [2.05, 4.69) is 25.7 Å². The number of amides is 2. The topological polar surface area (TPSA) is 107 Å². The van der Waals surface area contributed by atoms with Crippen molar-refractivity contribution in [2.24, 2.45) is 5.41 Å². The lowest BCUT2D eigenvalue weighted by Crippen LogP contribution is -2.51. The van der Waals surface area contributed by atoms with Crippen molar-refractivity contribution in [3.63, 3.8) is 0 Å². The minimum Gasteiger partial charge on any atom is -0.351 e. The fourth-order valence-corrected chi connectivity index (χ4v) is 4.26. The lowest BCUT2D eigenvalue weighted by atomic mass is 9.80. The zero-order chi connectivity index (χ0) is 21.5. The molecule has 1 aliphatic heterocycles. The fourth-order valence-electron chi connectivity index (χ4n) is 4.26. The first-order valence-electron chi connectivity index (χ1n) is 10.3.